The van der Waals surface area contributed by atoms with Crippen molar-refractivity contribution in [1.29, 1.82) is 0 Å². The second kappa shape index (κ2) is 2.52. The Morgan fingerprint density at radius 1 is 1.42 bits per heavy atom. The maximum atomic E-state index is 4.23. The highest BCUT2D eigenvalue weighted by Crippen LogP contribution is 2.13. The minimum atomic E-state index is 1.06. The van der Waals surface area contributed by atoms with Crippen LogP contribution in [0.25, 0.3) is 5.52 Å². The van der Waals surface area contributed by atoms with Gasteiger partial charge in [-0.05, 0) is 19.1 Å². The van der Waals surface area contributed by atoms with Crippen molar-refractivity contribution in [3.8, 4) is 0 Å². The molecule has 0 radical (unpaired) electrons. The van der Waals surface area contributed by atoms with Crippen LogP contribution in [-0.4, -0.2) is 16.4 Å². The fraction of sp³-hybridized carbons (Fsp3) is 0.222. The summed E-state index contributed by atoms with van der Waals surface area (Å²) < 4.78 is 2.04. The third kappa shape index (κ3) is 0.863. The maximum Gasteiger partial charge on any atom is 0.111 e. The Kier molecular flexibility index (Phi) is 1.50. The van der Waals surface area contributed by atoms with Crippen molar-refractivity contribution in [2.24, 2.45) is 0 Å². The Hall–Kier alpha value is -1.51. The van der Waals surface area contributed by atoms with Crippen LogP contribution in [-0.2, 0) is 0 Å². The normalized spacial score (nSPS) is 10.5. The summed E-state index contributed by atoms with van der Waals surface area (Å²) in [4.78, 5) is 4.23. The van der Waals surface area contributed by atoms with Gasteiger partial charge in [0.15, 0.2) is 0 Å². The van der Waals surface area contributed by atoms with E-state index < -0.39 is 0 Å². The van der Waals surface area contributed by atoms with Crippen molar-refractivity contribution in [3.63, 3.8) is 0 Å². The molecule has 3 heteroatoms. The number of nitrogens with one attached hydrogen (secondary N) is 1. The van der Waals surface area contributed by atoms with Crippen LogP contribution >= 0.6 is 0 Å². The predicted molar refractivity (Wildman–Crippen MR) is 49.5 cm³/mol. The molecule has 0 atom stereocenters. The fourth-order valence-corrected chi connectivity index (χ4v) is 1.35. The van der Waals surface area contributed by atoms with Gasteiger partial charge in [0, 0.05) is 7.05 Å². The number of aryl methyl sites for hydroxylation is 1. The first-order valence-corrected chi connectivity index (χ1v) is 3.93. The average molecular weight is 161 g/mol. The molecule has 0 saturated carbocycles. The van der Waals surface area contributed by atoms with E-state index in [1.807, 2.05) is 36.8 Å². The molecular weight excluding hydrogens is 150 g/mol. The van der Waals surface area contributed by atoms with Gasteiger partial charge in [-0.1, -0.05) is 6.07 Å². The Bertz CT molecular complexity index is 403. The van der Waals surface area contributed by atoms with Crippen molar-refractivity contribution in [2.75, 3.05) is 12.4 Å². The smallest absolute Gasteiger partial charge is 0.111 e. The van der Waals surface area contributed by atoms with E-state index in [4.69, 9.17) is 0 Å². The fourth-order valence-electron chi connectivity index (χ4n) is 1.35. The van der Waals surface area contributed by atoms with E-state index >= 15 is 0 Å². The van der Waals surface area contributed by atoms with Crippen LogP contribution in [0.5, 0.6) is 0 Å². The highest BCUT2D eigenvalue weighted by atomic mass is 15.1. The van der Waals surface area contributed by atoms with Gasteiger partial charge in [0.05, 0.1) is 11.2 Å². The first-order chi connectivity index (χ1) is 5.83. The molecule has 62 valence electrons. The van der Waals surface area contributed by atoms with Gasteiger partial charge in [0.1, 0.15) is 12.1 Å². The molecule has 0 aliphatic rings. The molecule has 12 heavy (non-hydrogen) atoms. The summed E-state index contributed by atoms with van der Waals surface area (Å²) >= 11 is 0. The second-order valence-electron chi connectivity index (χ2n) is 2.75. The minimum absolute atomic E-state index is 1.06. The number of nitrogens with zero attached hydrogens (tertiary/aromatic N) is 2. The van der Waals surface area contributed by atoms with Crippen LogP contribution in [0.3, 0.4) is 0 Å². The van der Waals surface area contributed by atoms with E-state index in [1.54, 1.807) is 0 Å². The number of pyridine rings is 1. The SMILES string of the molecule is CNc1cccc2c(C)ncn12. The molecule has 0 fully saturated rings. The molecule has 0 aromatic carbocycles. The van der Waals surface area contributed by atoms with E-state index in [9.17, 15) is 0 Å². The number of fused-ring (bicyclic) bond motifs is 1. The second-order valence-corrected chi connectivity index (χ2v) is 2.75. The third-order valence-corrected chi connectivity index (χ3v) is 2.02. The number of aromatic nitrogens is 2. The first-order valence-electron chi connectivity index (χ1n) is 3.93. The number of hydrogen-bond donors (Lipinski definition) is 1. The van der Waals surface area contributed by atoms with Crippen LogP contribution < -0.4 is 5.32 Å². The van der Waals surface area contributed by atoms with E-state index in [1.165, 1.54) is 0 Å². The molecule has 0 amide bonds. The van der Waals surface area contributed by atoms with Crippen molar-refractivity contribution in [2.45, 2.75) is 6.92 Å². The minimum Gasteiger partial charge on any atom is -0.374 e. The molecule has 3 nitrogen and oxygen atoms in total. The lowest BCUT2D eigenvalue weighted by atomic mass is 10.3. The van der Waals surface area contributed by atoms with Crippen molar-refractivity contribution >= 4 is 11.3 Å². The molecular formula is C9H11N3. The van der Waals surface area contributed by atoms with Crippen LogP contribution in [0.2, 0.25) is 0 Å². The van der Waals surface area contributed by atoms with Gasteiger partial charge >= 0.3 is 0 Å². The lowest BCUT2D eigenvalue weighted by molar-refractivity contribution is 1.14. The van der Waals surface area contributed by atoms with Gasteiger partial charge < -0.3 is 5.32 Å². The first kappa shape index (κ1) is 7.16. The molecule has 0 saturated heterocycles. The quantitative estimate of drug-likeness (QED) is 0.689. The van der Waals surface area contributed by atoms with E-state index in [2.05, 4.69) is 16.4 Å². The van der Waals surface area contributed by atoms with Gasteiger partial charge in [-0.2, -0.15) is 0 Å². The van der Waals surface area contributed by atoms with E-state index in [-0.39, 0.29) is 0 Å². The molecule has 2 aromatic heterocycles. The van der Waals surface area contributed by atoms with Gasteiger partial charge in [0.25, 0.3) is 0 Å². The summed E-state index contributed by atoms with van der Waals surface area (Å²) in [5, 5.41) is 3.11. The zero-order chi connectivity index (χ0) is 8.55. The van der Waals surface area contributed by atoms with E-state index in [0.717, 1.165) is 17.0 Å². The molecule has 2 rings (SSSR count). The highest BCUT2D eigenvalue weighted by molar-refractivity contribution is 5.57. The topological polar surface area (TPSA) is 29.3 Å². The Balaban J connectivity index is 2.81. The zero-order valence-electron chi connectivity index (χ0n) is 7.20. The summed E-state index contributed by atoms with van der Waals surface area (Å²) in [5.41, 5.74) is 2.22. The average Bonchev–Trinajstić information content (AvgIpc) is 2.48. The summed E-state index contributed by atoms with van der Waals surface area (Å²) in [6.07, 6.45) is 1.83. The summed E-state index contributed by atoms with van der Waals surface area (Å²) in [6, 6.07) is 6.10. The molecule has 0 aliphatic heterocycles. The molecule has 0 bridgehead atoms. The van der Waals surface area contributed by atoms with Crippen LogP contribution in [0, 0.1) is 6.92 Å². The maximum absolute atomic E-state index is 4.23. The summed E-state index contributed by atoms with van der Waals surface area (Å²) in [7, 11) is 1.91. The van der Waals surface area contributed by atoms with Crippen molar-refractivity contribution in [3.05, 3.63) is 30.2 Å². The summed E-state index contributed by atoms with van der Waals surface area (Å²) in [5.74, 6) is 1.06. The number of anilines is 1. The molecule has 2 heterocycles. The van der Waals surface area contributed by atoms with Crippen molar-refractivity contribution in [1.82, 2.24) is 9.38 Å². The number of rotatable bonds is 1. The van der Waals surface area contributed by atoms with Gasteiger partial charge in [-0.25, -0.2) is 4.98 Å². The zero-order valence-corrected chi connectivity index (χ0v) is 7.20. The van der Waals surface area contributed by atoms with E-state index in [0.29, 0.717) is 0 Å². The molecule has 2 aromatic rings. The number of hydrogen-bond acceptors (Lipinski definition) is 2. The van der Waals surface area contributed by atoms with Gasteiger partial charge in [-0.3, -0.25) is 4.40 Å². The van der Waals surface area contributed by atoms with Crippen LogP contribution in [0.4, 0.5) is 5.82 Å². The highest BCUT2D eigenvalue weighted by Gasteiger charge is 2.00. The largest absolute Gasteiger partial charge is 0.374 e. The molecule has 0 unspecified atom stereocenters. The monoisotopic (exact) mass is 161 g/mol. The van der Waals surface area contributed by atoms with Crippen LogP contribution in [0.15, 0.2) is 24.5 Å². The summed E-state index contributed by atoms with van der Waals surface area (Å²) in [6.45, 7) is 2.01. The Morgan fingerprint density at radius 2 is 2.25 bits per heavy atom. The molecule has 0 aliphatic carbocycles. The third-order valence-electron chi connectivity index (χ3n) is 2.02. The Morgan fingerprint density at radius 3 is 3.00 bits per heavy atom. The lowest BCUT2D eigenvalue weighted by Crippen LogP contribution is -1.95. The lowest BCUT2D eigenvalue weighted by Gasteiger charge is -2.02. The predicted octanol–water partition coefficient (Wildman–Crippen LogP) is 1.68. The van der Waals surface area contributed by atoms with Gasteiger partial charge in [0.2, 0.25) is 0 Å². The molecule has 1 N–H and O–H groups in total. The molecule has 0 spiro atoms. The standard InChI is InChI=1S/C9H11N3/c1-7-8-4-3-5-9(10-2)12(8)6-11-7/h3-6,10H,1-2H3. The Labute approximate surface area is 71.0 Å². The van der Waals surface area contributed by atoms with Crippen LogP contribution in [0.1, 0.15) is 5.69 Å². The van der Waals surface area contributed by atoms with Crippen molar-refractivity contribution < 1.29 is 0 Å². The number of imidazole rings is 1. The van der Waals surface area contributed by atoms with Gasteiger partial charge in [-0.15, -0.1) is 0 Å².